The second-order valence-electron chi connectivity index (χ2n) is 7.40. The molecule has 0 unspecified atom stereocenters. The Morgan fingerprint density at radius 2 is 1.86 bits per heavy atom. The molecular weight excluding hydrogens is 280 g/mol. The van der Waals surface area contributed by atoms with Gasteiger partial charge >= 0.3 is 11.1 Å². The fourth-order valence-corrected chi connectivity index (χ4v) is 3.71. The Bertz CT molecular complexity index is 674. The van der Waals surface area contributed by atoms with Crippen molar-refractivity contribution in [1.82, 2.24) is 19.2 Å². The summed E-state index contributed by atoms with van der Waals surface area (Å²) >= 11 is 0. The zero-order valence-electron chi connectivity index (χ0n) is 14.0. The van der Waals surface area contributed by atoms with Crippen LogP contribution in [-0.4, -0.2) is 38.4 Å². The molecule has 0 bridgehead atoms. The molecule has 1 fully saturated rings. The highest BCUT2D eigenvalue weighted by Gasteiger charge is 2.40. The monoisotopic (exact) mass is 306 g/mol. The molecule has 2 aliphatic rings. The number of piperidine rings is 1. The van der Waals surface area contributed by atoms with E-state index in [0.29, 0.717) is 31.0 Å². The minimum atomic E-state index is -0.475. The Labute approximate surface area is 130 Å². The van der Waals surface area contributed by atoms with Crippen molar-refractivity contribution in [2.45, 2.75) is 59.2 Å². The Morgan fingerprint density at radius 3 is 2.50 bits per heavy atom. The summed E-state index contributed by atoms with van der Waals surface area (Å²) in [5, 5.41) is 4.57. The molecule has 0 spiro atoms. The summed E-state index contributed by atoms with van der Waals surface area (Å²) in [6, 6.07) is 0.503. The number of aromatic nitrogens is 3. The maximum atomic E-state index is 12.4. The lowest BCUT2D eigenvalue weighted by Crippen LogP contribution is -2.44. The number of fused-ring (bicyclic) bond motifs is 3. The van der Waals surface area contributed by atoms with Crippen molar-refractivity contribution in [3.8, 4) is 0 Å². The molecule has 3 rings (SSSR count). The van der Waals surface area contributed by atoms with E-state index in [1.807, 2.05) is 13.8 Å². The van der Waals surface area contributed by atoms with Crippen LogP contribution in [-0.2, 0) is 13.1 Å². The first-order chi connectivity index (χ1) is 10.4. The molecule has 2 aliphatic heterocycles. The van der Waals surface area contributed by atoms with Crippen LogP contribution < -0.4 is 11.1 Å². The molecule has 0 saturated carbocycles. The van der Waals surface area contributed by atoms with Crippen LogP contribution >= 0.6 is 0 Å². The van der Waals surface area contributed by atoms with Gasteiger partial charge in [0.15, 0.2) is 0 Å². The lowest BCUT2D eigenvalue weighted by molar-refractivity contribution is 0.133. The standard InChI is InChI=1S/C16H26N4O2/c1-10(2)7-20-16(22)15(21)19-8-12-5-6-18(11(3)4)9-13(12)14(19)17-20/h10-13H,5-9H2,1-4H3/t12-,13-/m0/s1. The number of hydrogen-bond donors (Lipinski definition) is 0. The molecule has 3 heterocycles. The zero-order chi connectivity index (χ0) is 16.0. The van der Waals surface area contributed by atoms with Crippen LogP contribution in [0.5, 0.6) is 0 Å². The molecule has 1 aromatic rings. The molecular formula is C16H26N4O2. The maximum absolute atomic E-state index is 12.4. The van der Waals surface area contributed by atoms with Gasteiger partial charge in [0.1, 0.15) is 5.82 Å². The van der Waals surface area contributed by atoms with E-state index in [2.05, 4.69) is 23.8 Å². The SMILES string of the molecule is CC(C)Cn1nc2n(c(=O)c1=O)C[C@@H]1CCN(C(C)C)C[C@H]21. The van der Waals surface area contributed by atoms with Gasteiger partial charge in [0.2, 0.25) is 0 Å². The van der Waals surface area contributed by atoms with Crippen LogP contribution in [0.2, 0.25) is 0 Å². The van der Waals surface area contributed by atoms with E-state index < -0.39 is 11.1 Å². The molecule has 6 nitrogen and oxygen atoms in total. The van der Waals surface area contributed by atoms with E-state index in [9.17, 15) is 9.59 Å². The molecule has 1 aromatic heterocycles. The molecule has 0 amide bonds. The van der Waals surface area contributed by atoms with Crippen LogP contribution in [0.25, 0.3) is 0 Å². The largest absolute Gasteiger partial charge is 0.332 e. The van der Waals surface area contributed by atoms with E-state index >= 15 is 0 Å². The number of hydrogen-bond acceptors (Lipinski definition) is 4. The predicted molar refractivity (Wildman–Crippen MR) is 85.2 cm³/mol. The predicted octanol–water partition coefficient (Wildman–Crippen LogP) is 0.889. The third-order valence-corrected chi connectivity index (χ3v) is 4.97. The summed E-state index contributed by atoms with van der Waals surface area (Å²) < 4.78 is 3.02. The summed E-state index contributed by atoms with van der Waals surface area (Å²) in [7, 11) is 0. The fourth-order valence-electron chi connectivity index (χ4n) is 3.71. The minimum Gasteiger partial charge on any atom is -0.300 e. The highest BCUT2D eigenvalue weighted by Crippen LogP contribution is 2.37. The number of nitrogens with zero attached hydrogens (tertiary/aromatic N) is 4. The van der Waals surface area contributed by atoms with Crippen molar-refractivity contribution in [3.05, 3.63) is 26.5 Å². The first-order valence-corrected chi connectivity index (χ1v) is 8.34. The van der Waals surface area contributed by atoms with E-state index in [-0.39, 0.29) is 5.92 Å². The first-order valence-electron chi connectivity index (χ1n) is 8.34. The Hall–Kier alpha value is -1.43. The quantitative estimate of drug-likeness (QED) is 0.778. The van der Waals surface area contributed by atoms with Crippen LogP contribution in [0.1, 0.15) is 45.9 Å². The van der Waals surface area contributed by atoms with Crippen molar-refractivity contribution >= 4 is 0 Å². The summed E-state index contributed by atoms with van der Waals surface area (Å²) in [6.07, 6.45) is 1.07. The van der Waals surface area contributed by atoms with E-state index in [4.69, 9.17) is 0 Å². The highest BCUT2D eigenvalue weighted by molar-refractivity contribution is 5.10. The fraction of sp³-hybridized carbons (Fsp3) is 0.812. The van der Waals surface area contributed by atoms with E-state index in [0.717, 1.165) is 25.3 Å². The average Bonchev–Trinajstić information content (AvgIpc) is 2.82. The van der Waals surface area contributed by atoms with Crippen molar-refractivity contribution < 1.29 is 0 Å². The molecule has 0 radical (unpaired) electrons. The second-order valence-corrected chi connectivity index (χ2v) is 7.40. The van der Waals surface area contributed by atoms with Crippen molar-refractivity contribution in [2.24, 2.45) is 11.8 Å². The maximum Gasteiger partial charge on any atom is 0.332 e. The molecule has 0 aromatic carbocycles. The van der Waals surface area contributed by atoms with Gasteiger partial charge in [-0.1, -0.05) is 13.8 Å². The number of likely N-dealkylation sites (tertiary alicyclic amines) is 1. The van der Waals surface area contributed by atoms with E-state index in [1.165, 1.54) is 4.68 Å². The molecule has 0 aliphatic carbocycles. The summed E-state index contributed by atoms with van der Waals surface area (Å²) in [4.78, 5) is 27.0. The molecule has 122 valence electrons. The summed E-state index contributed by atoms with van der Waals surface area (Å²) in [5.74, 6) is 1.84. The summed E-state index contributed by atoms with van der Waals surface area (Å²) in [5.41, 5.74) is -0.868. The topological polar surface area (TPSA) is 60.1 Å². The Kier molecular flexibility index (Phi) is 3.97. The minimum absolute atomic E-state index is 0.280. The van der Waals surface area contributed by atoms with Gasteiger partial charge < -0.3 is 4.90 Å². The molecule has 6 heteroatoms. The van der Waals surface area contributed by atoms with Gasteiger partial charge in [0.25, 0.3) is 0 Å². The van der Waals surface area contributed by atoms with Gasteiger partial charge in [-0.05, 0) is 38.6 Å². The van der Waals surface area contributed by atoms with Gasteiger partial charge in [0.05, 0.1) is 0 Å². The zero-order valence-corrected chi connectivity index (χ0v) is 14.0. The van der Waals surface area contributed by atoms with Gasteiger partial charge in [-0.2, -0.15) is 5.10 Å². The van der Waals surface area contributed by atoms with E-state index in [1.54, 1.807) is 4.57 Å². The summed E-state index contributed by atoms with van der Waals surface area (Å²) in [6.45, 7) is 11.6. The Morgan fingerprint density at radius 1 is 1.14 bits per heavy atom. The van der Waals surface area contributed by atoms with Crippen molar-refractivity contribution in [3.63, 3.8) is 0 Å². The van der Waals surface area contributed by atoms with Crippen molar-refractivity contribution in [1.29, 1.82) is 0 Å². The average molecular weight is 306 g/mol. The molecule has 0 N–H and O–H groups in total. The van der Waals surface area contributed by atoms with Crippen LogP contribution in [0, 0.1) is 11.8 Å². The lowest BCUT2D eigenvalue weighted by atomic mass is 9.87. The van der Waals surface area contributed by atoms with Gasteiger partial charge in [-0.3, -0.25) is 14.2 Å². The van der Waals surface area contributed by atoms with Crippen LogP contribution in [0.15, 0.2) is 9.59 Å². The smallest absolute Gasteiger partial charge is 0.300 e. The van der Waals surface area contributed by atoms with Crippen LogP contribution in [0.4, 0.5) is 0 Å². The van der Waals surface area contributed by atoms with Gasteiger partial charge in [-0.15, -0.1) is 0 Å². The number of rotatable bonds is 3. The normalized spacial score (nSPS) is 24.8. The molecule has 1 saturated heterocycles. The van der Waals surface area contributed by atoms with Crippen molar-refractivity contribution in [2.75, 3.05) is 13.1 Å². The third kappa shape index (κ3) is 2.53. The second kappa shape index (κ2) is 5.65. The highest BCUT2D eigenvalue weighted by atomic mass is 16.2. The third-order valence-electron chi connectivity index (χ3n) is 4.97. The Balaban J connectivity index is 2.00. The lowest BCUT2D eigenvalue weighted by Gasteiger charge is -2.36. The first kappa shape index (κ1) is 15.5. The molecule has 2 atom stereocenters. The van der Waals surface area contributed by atoms with Crippen LogP contribution in [0.3, 0.4) is 0 Å². The molecule has 22 heavy (non-hydrogen) atoms. The van der Waals surface area contributed by atoms with Gasteiger partial charge in [-0.25, -0.2) is 4.68 Å². The van der Waals surface area contributed by atoms with Gasteiger partial charge in [0, 0.05) is 31.6 Å².